The SMILES string of the molecule is C=C1C=CC=CC1.CC(=O)NN.O=CO. The molecule has 15 heavy (non-hydrogen) atoms. The Labute approximate surface area is 88.9 Å². The molecule has 1 amide bonds. The lowest BCUT2D eigenvalue weighted by molar-refractivity contribution is -0.123. The van der Waals surface area contributed by atoms with Crippen LogP contribution < -0.4 is 11.3 Å². The zero-order valence-corrected chi connectivity index (χ0v) is 8.64. The van der Waals surface area contributed by atoms with Crippen LogP contribution in [0.1, 0.15) is 13.3 Å². The predicted octanol–water partition coefficient (Wildman–Crippen LogP) is 0.756. The maximum atomic E-state index is 9.58. The van der Waals surface area contributed by atoms with Crippen LogP contribution in [0.5, 0.6) is 0 Å². The van der Waals surface area contributed by atoms with E-state index < -0.39 is 0 Å². The summed E-state index contributed by atoms with van der Waals surface area (Å²) in [5, 5.41) is 6.89. The molecule has 5 nitrogen and oxygen atoms in total. The molecule has 0 radical (unpaired) electrons. The van der Waals surface area contributed by atoms with Crippen LogP contribution >= 0.6 is 0 Å². The van der Waals surface area contributed by atoms with Crippen molar-refractivity contribution in [3.8, 4) is 0 Å². The van der Waals surface area contributed by atoms with Gasteiger partial charge >= 0.3 is 0 Å². The number of nitrogens with two attached hydrogens (primary N) is 1. The van der Waals surface area contributed by atoms with Crippen LogP contribution in [-0.2, 0) is 9.59 Å². The van der Waals surface area contributed by atoms with Gasteiger partial charge in [0.15, 0.2) is 0 Å². The maximum absolute atomic E-state index is 9.58. The average molecular weight is 212 g/mol. The summed E-state index contributed by atoms with van der Waals surface area (Å²) < 4.78 is 0. The van der Waals surface area contributed by atoms with Gasteiger partial charge in [0, 0.05) is 6.92 Å². The molecular weight excluding hydrogens is 196 g/mol. The van der Waals surface area contributed by atoms with E-state index in [1.165, 1.54) is 12.5 Å². The number of carbonyl (C=O) groups is 2. The first-order valence-electron chi connectivity index (χ1n) is 4.14. The van der Waals surface area contributed by atoms with Crippen LogP contribution in [0.4, 0.5) is 0 Å². The first kappa shape index (κ1) is 15.6. The van der Waals surface area contributed by atoms with Crippen molar-refractivity contribution < 1.29 is 14.7 Å². The Morgan fingerprint density at radius 1 is 1.67 bits per heavy atom. The summed E-state index contributed by atoms with van der Waals surface area (Å²) in [7, 11) is 0. The zero-order valence-electron chi connectivity index (χ0n) is 8.64. The molecular formula is C10H16N2O3. The highest BCUT2D eigenvalue weighted by atomic mass is 16.3. The first-order chi connectivity index (χ1) is 7.08. The zero-order chi connectivity index (χ0) is 12.1. The van der Waals surface area contributed by atoms with Crippen LogP contribution in [-0.4, -0.2) is 17.5 Å². The Balaban J connectivity index is 0. The minimum absolute atomic E-state index is 0.218. The highest BCUT2D eigenvalue weighted by molar-refractivity contribution is 5.71. The summed E-state index contributed by atoms with van der Waals surface area (Å²) >= 11 is 0. The third-order valence-electron chi connectivity index (χ3n) is 1.16. The fraction of sp³-hybridized carbons (Fsp3) is 0.200. The molecule has 0 unspecified atom stereocenters. The van der Waals surface area contributed by atoms with Crippen molar-refractivity contribution >= 4 is 12.4 Å². The van der Waals surface area contributed by atoms with Gasteiger partial charge in [-0.3, -0.25) is 15.0 Å². The van der Waals surface area contributed by atoms with E-state index in [1.54, 1.807) is 0 Å². The third kappa shape index (κ3) is 18.8. The molecule has 84 valence electrons. The summed E-state index contributed by atoms with van der Waals surface area (Å²) in [6, 6.07) is 0. The highest BCUT2D eigenvalue weighted by Crippen LogP contribution is 2.05. The fourth-order valence-electron chi connectivity index (χ4n) is 0.558. The molecule has 1 aliphatic carbocycles. The largest absolute Gasteiger partial charge is 0.483 e. The second kappa shape index (κ2) is 12.1. The smallest absolute Gasteiger partial charge is 0.290 e. The Hall–Kier alpha value is -1.88. The van der Waals surface area contributed by atoms with Crippen LogP contribution in [0.15, 0.2) is 36.5 Å². The average Bonchev–Trinajstić information content (AvgIpc) is 2.21. The van der Waals surface area contributed by atoms with E-state index in [1.807, 2.05) is 23.7 Å². The Morgan fingerprint density at radius 3 is 2.27 bits per heavy atom. The molecule has 5 heteroatoms. The number of amides is 1. The van der Waals surface area contributed by atoms with Gasteiger partial charge in [0.1, 0.15) is 0 Å². The van der Waals surface area contributed by atoms with Crippen molar-refractivity contribution in [3.05, 3.63) is 36.5 Å². The standard InChI is InChI=1S/C7H8.C2H6N2O.CH2O2/c1-7-5-3-2-4-6-7;1-2(5)4-3;2-1-3/h2-5H,1,6H2;3H2,1H3,(H,4,5);1H,(H,2,3). The van der Waals surface area contributed by atoms with Crippen molar-refractivity contribution in [2.75, 3.05) is 0 Å². The Kier molecular flexibility index (Phi) is 12.6. The second-order valence-electron chi connectivity index (χ2n) is 2.46. The molecule has 0 atom stereocenters. The molecule has 0 aromatic heterocycles. The topological polar surface area (TPSA) is 92.4 Å². The van der Waals surface area contributed by atoms with E-state index in [0.29, 0.717) is 0 Å². The molecule has 1 rings (SSSR count). The molecule has 0 saturated heterocycles. The first-order valence-corrected chi connectivity index (χ1v) is 4.14. The van der Waals surface area contributed by atoms with Crippen LogP contribution in [0.2, 0.25) is 0 Å². The number of carbonyl (C=O) groups excluding carboxylic acids is 1. The molecule has 0 bridgehead atoms. The number of rotatable bonds is 0. The Morgan fingerprint density at radius 2 is 2.13 bits per heavy atom. The minimum Gasteiger partial charge on any atom is -0.483 e. The molecule has 0 fully saturated rings. The van der Waals surface area contributed by atoms with Crippen LogP contribution in [0.25, 0.3) is 0 Å². The number of nitrogens with one attached hydrogen (secondary N) is 1. The molecule has 4 N–H and O–H groups in total. The summed E-state index contributed by atoms with van der Waals surface area (Å²) in [6.45, 7) is 4.87. The number of hydrogen-bond acceptors (Lipinski definition) is 3. The molecule has 1 aliphatic rings. The van der Waals surface area contributed by atoms with Crippen molar-refractivity contribution in [3.63, 3.8) is 0 Å². The van der Waals surface area contributed by atoms with Gasteiger partial charge < -0.3 is 5.11 Å². The molecule has 0 heterocycles. The van der Waals surface area contributed by atoms with Crippen molar-refractivity contribution in [1.29, 1.82) is 0 Å². The van der Waals surface area contributed by atoms with Gasteiger partial charge in [-0.1, -0.05) is 36.5 Å². The van der Waals surface area contributed by atoms with E-state index in [2.05, 4.69) is 18.5 Å². The predicted molar refractivity (Wildman–Crippen MR) is 58.7 cm³/mol. The monoisotopic (exact) mass is 212 g/mol. The summed E-state index contributed by atoms with van der Waals surface area (Å²) in [5.41, 5.74) is 3.09. The van der Waals surface area contributed by atoms with Crippen molar-refractivity contribution in [1.82, 2.24) is 5.43 Å². The third-order valence-corrected chi connectivity index (χ3v) is 1.16. The number of hydrazine groups is 1. The van der Waals surface area contributed by atoms with Crippen molar-refractivity contribution in [2.45, 2.75) is 13.3 Å². The lowest BCUT2D eigenvalue weighted by atomic mass is 10.1. The van der Waals surface area contributed by atoms with Gasteiger partial charge in [-0.2, -0.15) is 0 Å². The second-order valence-corrected chi connectivity index (χ2v) is 2.46. The quantitative estimate of drug-likeness (QED) is 0.239. The van der Waals surface area contributed by atoms with Gasteiger partial charge in [-0.25, -0.2) is 5.84 Å². The lowest BCUT2D eigenvalue weighted by Crippen LogP contribution is -2.26. The number of hydrogen-bond donors (Lipinski definition) is 3. The van der Waals surface area contributed by atoms with E-state index in [0.717, 1.165) is 6.42 Å². The molecule has 0 aromatic carbocycles. The minimum atomic E-state index is -0.250. The van der Waals surface area contributed by atoms with E-state index in [9.17, 15) is 4.79 Å². The van der Waals surface area contributed by atoms with Crippen molar-refractivity contribution in [2.24, 2.45) is 5.84 Å². The highest BCUT2D eigenvalue weighted by Gasteiger charge is 1.84. The maximum Gasteiger partial charge on any atom is 0.290 e. The molecule has 0 spiro atoms. The van der Waals surface area contributed by atoms with Gasteiger partial charge in [-0.05, 0) is 6.42 Å². The van der Waals surface area contributed by atoms with E-state index >= 15 is 0 Å². The fourth-order valence-corrected chi connectivity index (χ4v) is 0.558. The normalized spacial score (nSPS) is 11.5. The molecule has 0 aromatic rings. The van der Waals surface area contributed by atoms with Crippen LogP contribution in [0, 0.1) is 0 Å². The summed E-state index contributed by atoms with van der Waals surface area (Å²) in [6.07, 6.45) is 9.19. The van der Waals surface area contributed by atoms with Gasteiger partial charge in [0.05, 0.1) is 0 Å². The van der Waals surface area contributed by atoms with Gasteiger partial charge in [0.2, 0.25) is 5.91 Å². The summed E-state index contributed by atoms with van der Waals surface area (Å²) in [4.78, 5) is 17.9. The summed E-state index contributed by atoms with van der Waals surface area (Å²) in [5.74, 6) is 4.35. The van der Waals surface area contributed by atoms with E-state index in [4.69, 9.17) is 9.90 Å². The Bertz CT molecular complexity index is 257. The van der Waals surface area contributed by atoms with Gasteiger partial charge in [-0.15, -0.1) is 0 Å². The van der Waals surface area contributed by atoms with E-state index in [-0.39, 0.29) is 12.4 Å². The molecule has 0 aliphatic heterocycles. The molecule has 0 saturated carbocycles. The van der Waals surface area contributed by atoms with Gasteiger partial charge in [0.25, 0.3) is 6.47 Å². The number of allylic oxidation sites excluding steroid dienone is 5. The number of carboxylic acid groups (broad SMARTS) is 1. The van der Waals surface area contributed by atoms with Crippen LogP contribution in [0.3, 0.4) is 0 Å². The lowest BCUT2D eigenvalue weighted by Gasteiger charge is -1.94.